The first-order chi connectivity index (χ1) is 18.2. The molecule has 0 spiro atoms. The van der Waals surface area contributed by atoms with Gasteiger partial charge in [-0.05, 0) is 43.5 Å². The van der Waals surface area contributed by atoms with Crippen LogP contribution in [0.3, 0.4) is 0 Å². The monoisotopic (exact) mass is 540 g/mol. The standard InChI is InChI=1S/C26H20ClF3N6O2/c1-2-3-22(37)35-11-8-15(14-35)23-20-7-10-33-25(31)36(20)24(34-23)18-5-4-17(13-19(18)27)38-21-12-16(6-9-32-21)26(28,29)30/h4-7,9-10,12-13,15H,8,11,14H2,1H3,(H2,31,33). The number of amides is 1. The van der Waals surface area contributed by atoms with Crippen LogP contribution in [-0.4, -0.2) is 43.2 Å². The zero-order valence-electron chi connectivity index (χ0n) is 20.0. The molecular formula is C26H20ClF3N6O2. The number of carbonyl (C=O) groups is 1. The van der Waals surface area contributed by atoms with E-state index in [1.165, 1.54) is 6.07 Å². The Kier molecular flexibility index (Phi) is 6.59. The first kappa shape index (κ1) is 25.4. The maximum atomic E-state index is 13.0. The molecule has 2 N–H and O–H groups in total. The quantitative estimate of drug-likeness (QED) is 0.358. The number of rotatable bonds is 4. The van der Waals surface area contributed by atoms with Gasteiger partial charge in [-0.25, -0.2) is 15.0 Å². The van der Waals surface area contributed by atoms with Crippen LogP contribution in [0.2, 0.25) is 5.02 Å². The number of carbonyl (C=O) groups excluding carboxylic acids is 1. The number of hydrogen-bond donors (Lipinski definition) is 1. The van der Waals surface area contributed by atoms with Crippen molar-refractivity contribution in [3.05, 3.63) is 65.1 Å². The van der Waals surface area contributed by atoms with Crippen molar-refractivity contribution in [1.29, 1.82) is 0 Å². The molecule has 5 rings (SSSR count). The highest BCUT2D eigenvalue weighted by Crippen LogP contribution is 2.38. The van der Waals surface area contributed by atoms with E-state index < -0.39 is 11.7 Å². The summed E-state index contributed by atoms with van der Waals surface area (Å²) in [5.41, 5.74) is 7.33. The van der Waals surface area contributed by atoms with Gasteiger partial charge in [0.2, 0.25) is 11.8 Å². The molecule has 1 amide bonds. The van der Waals surface area contributed by atoms with Crippen LogP contribution >= 0.6 is 11.6 Å². The lowest BCUT2D eigenvalue weighted by molar-refractivity contribution is -0.137. The summed E-state index contributed by atoms with van der Waals surface area (Å²) in [4.78, 5) is 26.8. The van der Waals surface area contributed by atoms with Crippen molar-refractivity contribution in [3.8, 4) is 34.9 Å². The van der Waals surface area contributed by atoms with Gasteiger partial charge in [0.1, 0.15) is 11.6 Å². The zero-order chi connectivity index (χ0) is 27.0. The molecule has 194 valence electrons. The van der Waals surface area contributed by atoms with E-state index in [0.717, 1.165) is 29.5 Å². The van der Waals surface area contributed by atoms with Crippen molar-refractivity contribution in [2.45, 2.75) is 25.4 Å². The lowest BCUT2D eigenvalue weighted by Crippen LogP contribution is -2.26. The third-order valence-corrected chi connectivity index (χ3v) is 6.48. The molecule has 0 aliphatic carbocycles. The molecule has 1 atom stereocenters. The van der Waals surface area contributed by atoms with Crippen LogP contribution in [0.25, 0.3) is 16.9 Å². The Morgan fingerprint density at radius 1 is 1.18 bits per heavy atom. The van der Waals surface area contributed by atoms with E-state index in [4.69, 9.17) is 27.1 Å². The van der Waals surface area contributed by atoms with Gasteiger partial charge in [-0.3, -0.25) is 9.20 Å². The number of nitrogen functional groups attached to an aromatic ring is 1. The molecule has 1 saturated heterocycles. The molecule has 1 aliphatic heterocycles. The van der Waals surface area contributed by atoms with Gasteiger partial charge in [0.15, 0.2) is 0 Å². The second-order valence-corrected chi connectivity index (χ2v) is 8.99. The average Bonchev–Trinajstić information content (AvgIpc) is 3.50. The molecule has 4 heterocycles. The molecule has 3 aromatic heterocycles. The van der Waals surface area contributed by atoms with E-state index >= 15 is 0 Å². The summed E-state index contributed by atoms with van der Waals surface area (Å²) in [6.45, 7) is 2.64. The predicted molar refractivity (Wildman–Crippen MR) is 135 cm³/mol. The van der Waals surface area contributed by atoms with Crippen molar-refractivity contribution in [1.82, 2.24) is 24.3 Å². The molecule has 0 bridgehead atoms. The Morgan fingerprint density at radius 3 is 2.71 bits per heavy atom. The lowest BCUT2D eigenvalue weighted by Gasteiger charge is -2.12. The van der Waals surface area contributed by atoms with Gasteiger partial charge in [0.25, 0.3) is 5.91 Å². The summed E-state index contributed by atoms with van der Waals surface area (Å²) in [6, 6.07) is 8.12. The minimum absolute atomic E-state index is 0.0449. The largest absolute Gasteiger partial charge is 0.439 e. The number of hydrogen-bond acceptors (Lipinski definition) is 6. The number of nitrogens with two attached hydrogens (primary N) is 1. The Hall–Kier alpha value is -4.30. The second kappa shape index (κ2) is 9.87. The van der Waals surface area contributed by atoms with E-state index in [1.807, 2.05) is 0 Å². The Labute approximate surface area is 220 Å². The van der Waals surface area contributed by atoms with Gasteiger partial charge in [-0.2, -0.15) is 13.2 Å². The van der Waals surface area contributed by atoms with Crippen LogP contribution in [-0.2, 0) is 11.0 Å². The normalized spacial score (nSPS) is 15.4. The number of benzene rings is 1. The van der Waals surface area contributed by atoms with Crippen LogP contribution in [0.4, 0.5) is 19.1 Å². The van der Waals surface area contributed by atoms with Crippen LogP contribution in [0.1, 0.15) is 30.5 Å². The van der Waals surface area contributed by atoms with Crippen LogP contribution in [0, 0.1) is 11.8 Å². The van der Waals surface area contributed by atoms with Crippen molar-refractivity contribution in [3.63, 3.8) is 0 Å². The molecule has 8 nitrogen and oxygen atoms in total. The summed E-state index contributed by atoms with van der Waals surface area (Å²) in [7, 11) is 0. The molecule has 38 heavy (non-hydrogen) atoms. The fourth-order valence-electron chi connectivity index (χ4n) is 4.42. The second-order valence-electron chi connectivity index (χ2n) is 8.58. The number of aromatic nitrogens is 4. The number of fused-ring (bicyclic) bond motifs is 1. The number of pyridine rings is 1. The first-order valence-electron chi connectivity index (χ1n) is 11.5. The average molecular weight is 541 g/mol. The number of imidazole rings is 1. The van der Waals surface area contributed by atoms with Gasteiger partial charge in [0.05, 0.1) is 21.8 Å². The summed E-state index contributed by atoms with van der Waals surface area (Å²) >= 11 is 6.59. The number of likely N-dealkylation sites (tertiary alicyclic amines) is 1. The summed E-state index contributed by atoms with van der Waals surface area (Å²) < 4.78 is 46.3. The minimum atomic E-state index is -4.52. The summed E-state index contributed by atoms with van der Waals surface area (Å²) in [5, 5.41) is 0.234. The van der Waals surface area contributed by atoms with Gasteiger partial charge in [-0.15, -0.1) is 0 Å². The highest BCUT2D eigenvalue weighted by Gasteiger charge is 2.32. The highest BCUT2D eigenvalue weighted by atomic mass is 35.5. The van der Waals surface area contributed by atoms with Gasteiger partial charge in [-0.1, -0.05) is 17.5 Å². The Bertz CT molecular complexity index is 1610. The fraction of sp³-hybridized carbons (Fsp3) is 0.231. The maximum Gasteiger partial charge on any atom is 0.416 e. The molecule has 1 aliphatic rings. The van der Waals surface area contributed by atoms with Crippen LogP contribution in [0.5, 0.6) is 11.6 Å². The number of ether oxygens (including phenoxy) is 1. The predicted octanol–water partition coefficient (Wildman–Crippen LogP) is 5.18. The van der Waals surface area contributed by atoms with Crippen molar-refractivity contribution in [2.75, 3.05) is 18.8 Å². The Balaban J connectivity index is 1.48. The van der Waals surface area contributed by atoms with Gasteiger partial charge in [0, 0.05) is 49.1 Å². The summed E-state index contributed by atoms with van der Waals surface area (Å²) in [6.07, 6.45) is -1.21. The third-order valence-electron chi connectivity index (χ3n) is 6.17. The SMILES string of the molecule is CC#CC(=O)N1CCC(c2nc(-c3ccc(Oc4cc(C(F)(F)F)ccn4)cc3Cl)n3c(N)nccc23)C1. The number of nitrogens with zero attached hydrogens (tertiary/aromatic N) is 5. The maximum absolute atomic E-state index is 13.0. The molecule has 0 saturated carbocycles. The topological polar surface area (TPSA) is 98.6 Å². The van der Waals surface area contributed by atoms with Crippen molar-refractivity contribution in [2.24, 2.45) is 0 Å². The first-order valence-corrected chi connectivity index (χ1v) is 11.9. The zero-order valence-corrected chi connectivity index (χ0v) is 20.7. The molecule has 1 fully saturated rings. The minimum Gasteiger partial charge on any atom is -0.439 e. The number of alkyl halides is 3. The van der Waals surface area contributed by atoms with Crippen LogP contribution < -0.4 is 10.5 Å². The van der Waals surface area contributed by atoms with E-state index in [1.54, 1.807) is 40.6 Å². The summed E-state index contributed by atoms with van der Waals surface area (Å²) in [5.74, 6) is 5.53. The smallest absolute Gasteiger partial charge is 0.416 e. The Morgan fingerprint density at radius 2 is 1.97 bits per heavy atom. The molecule has 4 aromatic rings. The van der Waals surface area contributed by atoms with Crippen molar-refractivity contribution < 1.29 is 22.7 Å². The number of halogens is 4. The number of anilines is 1. The van der Waals surface area contributed by atoms with E-state index in [2.05, 4.69) is 21.8 Å². The third kappa shape index (κ3) is 4.82. The fourth-order valence-corrected chi connectivity index (χ4v) is 4.68. The van der Waals surface area contributed by atoms with Gasteiger partial charge >= 0.3 is 6.18 Å². The molecule has 0 radical (unpaired) electrons. The molecule has 1 unspecified atom stereocenters. The van der Waals surface area contributed by atoms with E-state index in [0.29, 0.717) is 30.9 Å². The molecular weight excluding hydrogens is 521 g/mol. The van der Waals surface area contributed by atoms with E-state index in [9.17, 15) is 18.0 Å². The highest BCUT2D eigenvalue weighted by molar-refractivity contribution is 6.33. The van der Waals surface area contributed by atoms with Gasteiger partial charge < -0.3 is 15.4 Å². The lowest BCUT2D eigenvalue weighted by atomic mass is 10.0. The van der Waals surface area contributed by atoms with E-state index in [-0.39, 0.29) is 34.4 Å². The molecule has 12 heteroatoms. The van der Waals surface area contributed by atoms with Crippen LogP contribution in [0.15, 0.2) is 48.8 Å². The molecule has 1 aromatic carbocycles. The van der Waals surface area contributed by atoms with Crippen molar-refractivity contribution >= 4 is 29.0 Å².